The van der Waals surface area contributed by atoms with Crippen molar-refractivity contribution in [2.75, 3.05) is 30.0 Å². The summed E-state index contributed by atoms with van der Waals surface area (Å²) < 4.78 is 6.63. The number of hydrogen-bond donors (Lipinski definition) is 3. The van der Waals surface area contributed by atoms with Crippen LogP contribution in [0.4, 0.5) is 11.4 Å². The minimum absolute atomic E-state index is 0.0914. The van der Waals surface area contributed by atoms with Crippen LogP contribution < -0.4 is 5.32 Å². The van der Waals surface area contributed by atoms with E-state index in [0.29, 0.717) is 5.75 Å². The Morgan fingerprint density at radius 1 is 1.12 bits per heavy atom. The van der Waals surface area contributed by atoms with Crippen LogP contribution in [0.1, 0.15) is 5.56 Å². The van der Waals surface area contributed by atoms with E-state index in [4.69, 9.17) is 4.74 Å². The number of pyridine rings is 1. The van der Waals surface area contributed by atoms with E-state index in [2.05, 4.69) is 57.2 Å². The number of ether oxygens (including phenoxy) is 1. The first-order valence-electron chi connectivity index (χ1n) is 8.62. The molecule has 0 bridgehead atoms. The summed E-state index contributed by atoms with van der Waals surface area (Å²) in [6.45, 7) is 1.71. The lowest BCUT2D eigenvalue weighted by Gasteiger charge is -2.26. The molecule has 4 rings (SSSR count). The van der Waals surface area contributed by atoms with Crippen molar-refractivity contribution in [3.8, 4) is 5.75 Å². The largest absolute Gasteiger partial charge is 0.508 e. The summed E-state index contributed by atoms with van der Waals surface area (Å²) in [5.41, 5.74) is 4.02. The molecule has 2 heterocycles. The molecule has 0 spiro atoms. The van der Waals surface area contributed by atoms with Crippen molar-refractivity contribution in [2.45, 2.75) is 5.75 Å². The number of fused-ring (bicyclic) bond motifs is 1. The maximum absolute atomic E-state index is 10.3. The quantitative estimate of drug-likeness (QED) is 0.285. The van der Waals surface area contributed by atoms with E-state index in [1.165, 1.54) is 3.57 Å². The van der Waals surface area contributed by atoms with E-state index in [1.54, 1.807) is 6.07 Å². The summed E-state index contributed by atoms with van der Waals surface area (Å²) >= 11 is 2.30. The van der Waals surface area contributed by atoms with Gasteiger partial charge in [0.05, 0.1) is 18.7 Å². The van der Waals surface area contributed by atoms with Crippen LogP contribution in [-0.2, 0) is 10.5 Å². The van der Waals surface area contributed by atoms with Gasteiger partial charge in [-0.1, -0.05) is 0 Å². The van der Waals surface area contributed by atoms with Gasteiger partial charge in [0.15, 0.2) is 0 Å². The molecule has 0 saturated carbocycles. The van der Waals surface area contributed by atoms with Crippen molar-refractivity contribution in [3.63, 3.8) is 0 Å². The van der Waals surface area contributed by atoms with Gasteiger partial charge in [0.2, 0.25) is 0 Å². The number of aromatic nitrogens is 1. The second kappa shape index (κ2) is 8.02. The highest BCUT2D eigenvalue weighted by atomic mass is 127. The molecule has 0 atom stereocenters. The summed E-state index contributed by atoms with van der Waals surface area (Å²) in [7, 11) is -0.0914. The van der Waals surface area contributed by atoms with E-state index in [-0.39, 0.29) is 10.9 Å². The third kappa shape index (κ3) is 4.07. The fraction of sp³-hybridized carbons (Fsp3) is 0.250. The first kappa shape index (κ1) is 17.9. The predicted octanol–water partition coefficient (Wildman–Crippen LogP) is 4.82. The van der Waals surface area contributed by atoms with E-state index in [9.17, 15) is 5.11 Å². The SMILES string of the molecule is Oc1ccc(Nc2ccnc3cc(I)ccc23)cc1C[SH]1CCOCC1. The Morgan fingerprint density at radius 3 is 2.81 bits per heavy atom. The third-order valence-electron chi connectivity index (χ3n) is 4.56. The summed E-state index contributed by atoms with van der Waals surface area (Å²) in [5, 5.41) is 14.9. The van der Waals surface area contributed by atoms with Gasteiger partial charge in [-0.25, -0.2) is 10.9 Å². The number of phenols is 1. The Bertz CT molecular complexity index is 929. The molecule has 1 aliphatic rings. The molecule has 1 aromatic heterocycles. The lowest BCUT2D eigenvalue weighted by Crippen LogP contribution is -2.15. The molecule has 1 fully saturated rings. The number of aromatic hydroxyl groups is 1. The van der Waals surface area contributed by atoms with Crippen LogP contribution in [0.2, 0.25) is 0 Å². The average molecular weight is 480 g/mol. The number of phenolic OH excluding ortho intramolecular Hbond substituents is 1. The van der Waals surface area contributed by atoms with Gasteiger partial charge in [0, 0.05) is 37.8 Å². The maximum atomic E-state index is 10.3. The molecule has 0 unspecified atom stereocenters. The lowest BCUT2D eigenvalue weighted by molar-refractivity contribution is 0.160. The Kier molecular flexibility index (Phi) is 5.52. The van der Waals surface area contributed by atoms with Crippen molar-refractivity contribution in [1.29, 1.82) is 0 Å². The summed E-state index contributed by atoms with van der Waals surface area (Å²) in [4.78, 5) is 4.46. The highest BCUT2D eigenvalue weighted by Gasteiger charge is 2.13. The molecule has 0 amide bonds. The van der Waals surface area contributed by atoms with Crippen LogP contribution in [0.5, 0.6) is 5.75 Å². The zero-order chi connectivity index (χ0) is 17.9. The summed E-state index contributed by atoms with van der Waals surface area (Å²) in [6, 6.07) is 14.0. The van der Waals surface area contributed by atoms with Crippen molar-refractivity contribution in [2.24, 2.45) is 0 Å². The van der Waals surface area contributed by atoms with Crippen LogP contribution in [0.15, 0.2) is 48.7 Å². The van der Waals surface area contributed by atoms with Crippen LogP contribution in [-0.4, -0.2) is 34.8 Å². The molecular formula is C20H21IN2O2S. The Hall–Kier alpha value is -1.51. The van der Waals surface area contributed by atoms with Gasteiger partial charge in [-0.3, -0.25) is 4.98 Å². The van der Waals surface area contributed by atoms with Crippen molar-refractivity contribution < 1.29 is 9.84 Å². The smallest absolute Gasteiger partial charge is 0.119 e. The maximum Gasteiger partial charge on any atom is 0.119 e. The number of nitrogens with zero attached hydrogens (tertiary/aromatic N) is 1. The molecule has 2 N–H and O–H groups in total. The van der Waals surface area contributed by atoms with E-state index < -0.39 is 0 Å². The molecule has 26 heavy (non-hydrogen) atoms. The molecule has 4 nitrogen and oxygen atoms in total. The first-order chi connectivity index (χ1) is 12.7. The van der Waals surface area contributed by atoms with E-state index in [1.807, 2.05) is 18.3 Å². The van der Waals surface area contributed by atoms with Crippen LogP contribution >= 0.6 is 33.5 Å². The molecule has 1 saturated heterocycles. The highest BCUT2D eigenvalue weighted by molar-refractivity contribution is 14.1. The zero-order valence-electron chi connectivity index (χ0n) is 14.3. The molecule has 3 aromatic rings. The molecule has 6 heteroatoms. The second-order valence-electron chi connectivity index (χ2n) is 6.38. The minimum atomic E-state index is -0.0914. The molecular weight excluding hydrogens is 459 g/mol. The van der Waals surface area contributed by atoms with Gasteiger partial charge in [-0.2, -0.15) is 0 Å². The predicted molar refractivity (Wildman–Crippen MR) is 119 cm³/mol. The average Bonchev–Trinajstić information content (AvgIpc) is 2.65. The lowest BCUT2D eigenvalue weighted by atomic mass is 10.1. The standard InChI is InChI=1S/C20H21IN2O2S/c21-15-1-3-17-18(5-6-22-19(17)12-15)23-16-2-4-20(24)14(11-16)13-26-9-7-25-8-10-26/h1-6,11-12,24,26H,7-10,13H2,(H,22,23). The monoisotopic (exact) mass is 480 g/mol. The number of thiol groups is 1. The van der Waals surface area contributed by atoms with Gasteiger partial charge >= 0.3 is 0 Å². The van der Waals surface area contributed by atoms with Crippen molar-refractivity contribution >= 4 is 55.8 Å². The van der Waals surface area contributed by atoms with Crippen molar-refractivity contribution in [1.82, 2.24) is 4.98 Å². The zero-order valence-corrected chi connectivity index (χ0v) is 17.3. The number of benzene rings is 2. The van der Waals surface area contributed by atoms with Gasteiger partial charge in [-0.15, -0.1) is 0 Å². The number of anilines is 2. The third-order valence-corrected chi connectivity index (χ3v) is 7.65. The molecule has 2 aromatic carbocycles. The molecule has 0 radical (unpaired) electrons. The van der Waals surface area contributed by atoms with Gasteiger partial charge in [-0.05, 0) is 76.6 Å². The Balaban J connectivity index is 1.59. The Labute approximate surface area is 169 Å². The first-order valence-corrected chi connectivity index (χ1v) is 11.6. The van der Waals surface area contributed by atoms with Gasteiger partial charge in [0.1, 0.15) is 5.75 Å². The molecule has 0 aliphatic carbocycles. The molecule has 1 aliphatic heterocycles. The minimum Gasteiger partial charge on any atom is -0.508 e. The van der Waals surface area contributed by atoms with Gasteiger partial charge < -0.3 is 15.2 Å². The fourth-order valence-electron chi connectivity index (χ4n) is 3.18. The highest BCUT2D eigenvalue weighted by Crippen LogP contribution is 2.37. The summed E-state index contributed by atoms with van der Waals surface area (Å²) in [6.07, 6.45) is 1.83. The number of hydrogen-bond acceptors (Lipinski definition) is 4. The van der Waals surface area contributed by atoms with Crippen LogP contribution in [0, 0.1) is 3.57 Å². The van der Waals surface area contributed by atoms with Crippen LogP contribution in [0.3, 0.4) is 0 Å². The van der Waals surface area contributed by atoms with Crippen LogP contribution in [0.25, 0.3) is 10.9 Å². The number of rotatable bonds is 4. The Morgan fingerprint density at radius 2 is 1.96 bits per heavy atom. The van der Waals surface area contributed by atoms with E-state index >= 15 is 0 Å². The van der Waals surface area contributed by atoms with Gasteiger partial charge in [0.25, 0.3) is 0 Å². The summed E-state index contributed by atoms with van der Waals surface area (Å²) in [5.74, 6) is 3.59. The number of nitrogens with one attached hydrogen (secondary N) is 1. The molecule has 136 valence electrons. The van der Waals surface area contributed by atoms with Crippen molar-refractivity contribution in [3.05, 3.63) is 57.8 Å². The normalized spacial score (nSPS) is 16.0. The fourth-order valence-corrected chi connectivity index (χ4v) is 5.70. The second-order valence-corrected chi connectivity index (χ2v) is 10.2. The topological polar surface area (TPSA) is 54.4 Å². The van der Waals surface area contributed by atoms with E-state index in [0.717, 1.165) is 58.3 Å². The number of halogens is 1.